The molecule has 1 unspecified atom stereocenters. The first-order valence-electron chi connectivity index (χ1n) is 8.90. The summed E-state index contributed by atoms with van der Waals surface area (Å²) in [6.45, 7) is 0.167. The summed E-state index contributed by atoms with van der Waals surface area (Å²) >= 11 is 0. The van der Waals surface area contributed by atoms with Crippen LogP contribution in [-0.2, 0) is 16.4 Å². The monoisotopic (exact) mass is 414 g/mol. The van der Waals surface area contributed by atoms with Crippen LogP contribution in [0.15, 0.2) is 48.8 Å². The van der Waals surface area contributed by atoms with E-state index >= 15 is 0 Å². The van der Waals surface area contributed by atoms with Gasteiger partial charge in [0.2, 0.25) is 10.0 Å². The van der Waals surface area contributed by atoms with Crippen molar-refractivity contribution in [1.29, 1.82) is 0 Å². The van der Waals surface area contributed by atoms with Crippen molar-refractivity contribution in [3.8, 4) is 5.75 Å². The Morgan fingerprint density at radius 1 is 1.17 bits per heavy atom. The first kappa shape index (κ1) is 20.7. The number of amides is 1. The van der Waals surface area contributed by atoms with Gasteiger partial charge in [-0.25, -0.2) is 23.1 Å². The normalized spacial score (nSPS) is 12.6. The molecule has 0 fully saturated rings. The molecule has 0 saturated carbocycles. The highest BCUT2D eigenvalue weighted by atomic mass is 32.2. The number of carbonyl (C=O) groups is 1. The maximum absolute atomic E-state index is 11.7. The first-order chi connectivity index (χ1) is 13.8. The van der Waals surface area contributed by atoms with E-state index in [0.29, 0.717) is 34.3 Å². The Morgan fingerprint density at radius 2 is 1.93 bits per heavy atom. The number of hydrogen-bond donors (Lipinski definition) is 2. The molecular weight excluding hydrogens is 392 g/mol. The zero-order valence-electron chi connectivity index (χ0n) is 16.1. The largest absolute Gasteiger partial charge is 0.496 e. The lowest BCUT2D eigenvalue weighted by molar-refractivity contribution is 0.100. The van der Waals surface area contributed by atoms with Gasteiger partial charge >= 0.3 is 0 Å². The molecule has 9 heteroatoms. The zero-order valence-corrected chi connectivity index (χ0v) is 16.9. The number of fused-ring (bicyclic) bond motifs is 1. The molecule has 29 heavy (non-hydrogen) atoms. The van der Waals surface area contributed by atoms with Crippen molar-refractivity contribution in [1.82, 2.24) is 14.7 Å². The van der Waals surface area contributed by atoms with Crippen LogP contribution in [0.3, 0.4) is 0 Å². The fourth-order valence-electron chi connectivity index (χ4n) is 3.28. The quantitative estimate of drug-likeness (QED) is 0.577. The third-order valence-electron chi connectivity index (χ3n) is 4.62. The maximum Gasteiger partial charge on any atom is 0.250 e. The predicted octanol–water partition coefficient (Wildman–Crippen LogP) is 1.61. The number of aromatic nitrogens is 2. The van der Waals surface area contributed by atoms with Crippen LogP contribution in [0.2, 0.25) is 0 Å². The van der Waals surface area contributed by atoms with Gasteiger partial charge in [0.1, 0.15) is 12.1 Å². The van der Waals surface area contributed by atoms with Gasteiger partial charge in [0.25, 0.3) is 5.91 Å². The molecule has 1 heterocycles. The molecule has 0 spiro atoms. The van der Waals surface area contributed by atoms with Gasteiger partial charge in [0, 0.05) is 17.8 Å². The minimum atomic E-state index is -3.38. The molecule has 0 aliphatic rings. The van der Waals surface area contributed by atoms with Crippen LogP contribution in [0, 0.1) is 0 Å². The number of methoxy groups -OCH3 is 1. The van der Waals surface area contributed by atoms with E-state index < -0.39 is 15.9 Å². The zero-order chi connectivity index (χ0) is 21.0. The van der Waals surface area contributed by atoms with Crippen LogP contribution in [0.25, 0.3) is 10.9 Å². The molecule has 0 aliphatic carbocycles. The summed E-state index contributed by atoms with van der Waals surface area (Å²) in [5, 5.41) is 0.697. The van der Waals surface area contributed by atoms with Crippen molar-refractivity contribution in [3.05, 3.63) is 65.6 Å². The molecule has 2 aromatic carbocycles. The highest BCUT2D eigenvalue weighted by Crippen LogP contribution is 2.30. The van der Waals surface area contributed by atoms with E-state index in [0.717, 1.165) is 11.8 Å². The van der Waals surface area contributed by atoms with Crippen LogP contribution in [0.4, 0.5) is 0 Å². The van der Waals surface area contributed by atoms with Gasteiger partial charge in [-0.15, -0.1) is 0 Å². The molecular formula is C20H22N4O4S. The molecule has 0 radical (unpaired) electrons. The number of nitrogens with two attached hydrogens (primary N) is 1. The van der Waals surface area contributed by atoms with Gasteiger partial charge in [-0.1, -0.05) is 30.3 Å². The highest BCUT2D eigenvalue weighted by molar-refractivity contribution is 7.88. The number of ether oxygens (including phenoxy) is 1. The topological polar surface area (TPSA) is 124 Å². The standard InChI is InChI=1S/C20H22N4O4S/c1-28-18-9-4-3-6-14(18)13(11-24-29(2,26)27)10-17-15-7-5-8-16(20(21)25)19(15)23-12-22-17/h3-9,12-13,24H,10-11H2,1-2H3,(H2,21,25). The number of para-hydroxylation sites is 2. The number of benzene rings is 2. The van der Waals surface area contributed by atoms with E-state index in [-0.39, 0.29) is 12.5 Å². The molecule has 0 saturated heterocycles. The Bertz CT molecular complexity index is 1150. The lowest BCUT2D eigenvalue weighted by atomic mass is 9.92. The Balaban J connectivity index is 2.06. The Labute approximate surface area is 169 Å². The third-order valence-corrected chi connectivity index (χ3v) is 5.31. The smallest absolute Gasteiger partial charge is 0.250 e. The van der Waals surface area contributed by atoms with Gasteiger partial charge in [-0.3, -0.25) is 4.79 Å². The van der Waals surface area contributed by atoms with Gasteiger partial charge in [0.05, 0.1) is 30.1 Å². The summed E-state index contributed by atoms with van der Waals surface area (Å²) in [5.74, 6) is -0.166. The molecule has 0 aliphatic heterocycles. The van der Waals surface area contributed by atoms with E-state index in [2.05, 4.69) is 14.7 Å². The van der Waals surface area contributed by atoms with E-state index in [1.54, 1.807) is 19.2 Å². The van der Waals surface area contributed by atoms with E-state index in [1.165, 1.54) is 6.33 Å². The number of nitrogens with zero attached hydrogens (tertiary/aromatic N) is 2. The Hall–Kier alpha value is -3.04. The Kier molecular flexibility index (Phi) is 6.09. The van der Waals surface area contributed by atoms with Gasteiger partial charge in [0.15, 0.2) is 0 Å². The fourth-order valence-corrected chi connectivity index (χ4v) is 3.79. The SMILES string of the molecule is COc1ccccc1C(CNS(C)(=O)=O)Cc1ncnc2c(C(N)=O)cccc12. The van der Waals surface area contributed by atoms with Crippen molar-refractivity contribution >= 4 is 26.8 Å². The molecule has 3 aromatic rings. The summed E-state index contributed by atoms with van der Waals surface area (Å²) in [5.41, 5.74) is 7.78. The van der Waals surface area contributed by atoms with E-state index in [1.807, 2.05) is 30.3 Å². The van der Waals surface area contributed by atoms with Crippen LogP contribution in [-0.4, -0.2) is 44.2 Å². The molecule has 3 N–H and O–H groups in total. The lowest BCUT2D eigenvalue weighted by Crippen LogP contribution is -2.28. The average Bonchev–Trinajstić information content (AvgIpc) is 2.70. The van der Waals surface area contributed by atoms with Gasteiger partial charge < -0.3 is 10.5 Å². The maximum atomic E-state index is 11.7. The number of carbonyl (C=O) groups excluding carboxylic acids is 1. The second kappa shape index (κ2) is 8.54. The number of nitrogens with one attached hydrogen (secondary N) is 1. The van der Waals surface area contributed by atoms with Crippen LogP contribution in [0.5, 0.6) is 5.75 Å². The van der Waals surface area contributed by atoms with Gasteiger partial charge in [-0.2, -0.15) is 0 Å². The van der Waals surface area contributed by atoms with Crippen LogP contribution in [0.1, 0.15) is 27.5 Å². The lowest BCUT2D eigenvalue weighted by Gasteiger charge is -2.20. The number of primary amides is 1. The van der Waals surface area contributed by atoms with E-state index in [9.17, 15) is 13.2 Å². The number of sulfonamides is 1. The molecule has 1 amide bonds. The van der Waals surface area contributed by atoms with Crippen molar-refractivity contribution in [2.75, 3.05) is 19.9 Å². The van der Waals surface area contributed by atoms with Crippen molar-refractivity contribution in [3.63, 3.8) is 0 Å². The molecule has 1 aromatic heterocycles. The third kappa shape index (κ3) is 4.87. The second-order valence-electron chi connectivity index (χ2n) is 6.65. The Morgan fingerprint density at radius 3 is 2.62 bits per heavy atom. The molecule has 152 valence electrons. The predicted molar refractivity (Wildman–Crippen MR) is 110 cm³/mol. The molecule has 3 rings (SSSR count). The molecule has 8 nitrogen and oxygen atoms in total. The van der Waals surface area contributed by atoms with Crippen LogP contribution >= 0.6 is 0 Å². The highest BCUT2D eigenvalue weighted by Gasteiger charge is 2.21. The summed E-state index contributed by atoms with van der Waals surface area (Å²) in [4.78, 5) is 20.3. The van der Waals surface area contributed by atoms with Crippen LogP contribution < -0.4 is 15.2 Å². The van der Waals surface area contributed by atoms with Crippen molar-refractivity contribution in [2.24, 2.45) is 5.73 Å². The van der Waals surface area contributed by atoms with E-state index in [4.69, 9.17) is 10.5 Å². The van der Waals surface area contributed by atoms with Gasteiger partial charge in [-0.05, 0) is 24.1 Å². The molecule has 0 bridgehead atoms. The summed E-state index contributed by atoms with van der Waals surface area (Å²) in [7, 11) is -1.82. The fraction of sp³-hybridized carbons (Fsp3) is 0.250. The van der Waals surface area contributed by atoms with Crippen molar-refractivity contribution < 1.29 is 17.9 Å². The minimum Gasteiger partial charge on any atom is -0.496 e. The minimum absolute atomic E-state index is 0.167. The summed E-state index contributed by atoms with van der Waals surface area (Å²) < 4.78 is 31.4. The number of hydrogen-bond acceptors (Lipinski definition) is 6. The second-order valence-corrected chi connectivity index (χ2v) is 8.48. The number of rotatable bonds is 8. The first-order valence-corrected chi connectivity index (χ1v) is 10.8. The summed E-state index contributed by atoms with van der Waals surface area (Å²) in [6.07, 6.45) is 2.91. The average molecular weight is 414 g/mol. The van der Waals surface area contributed by atoms with Crippen molar-refractivity contribution in [2.45, 2.75) is 12.3 Å². The molecule has 1 atom stereocenters. The summed E-state index contributed by atoms with van der Waals surface area (Å²) in [6, 6.07) is 12.6.